The third kappa shape index (κ3) is 1.93. The van der Waals surface area contributed by atoms with Crippen LogP contribution >= 0.6 is 0 Å². The Morgan fingerprint density at radius 3 is 2.91 bits per heavy atom. The van der Waals surface area contributed by atoms with Gasteiger partial charge in [0.1, 0.15) is 5.75 Å². The van der Waals surface area contributed by atoms with Gasteiger partial charge in [-0.3, -0.25) is 14.4 Å². The van der Waals surface area contributed by atoms with Crippen molar-refractivity contribution < 1.29 is 14.3 Å². The number of nitrogens with zero attached hydrogens (tertiary/aromatic N) is 3. The van der Waals surface area contributed by atoms with Gasteiger partial charge in [0, 0.05) is 25.2 Å². The molecule has 2 aromatic rings. The van der Waals surface area contributed by atoms with Gasteiger partial charge in [-0.2, -0.15) is 5.10 Å². The number of rotatable bonds is 2. The van der Waals surface area contributed by atoms with Crippen molar-refractivity contribution in [1.29, 1.82) is 0 Å². The van der Waals surface area contributed by atoms with Gasteiger partial charge in [-0.25, -0.2) is 4.79 Å². The van der Waals surface area contributed by atoms with Gasteiger partial charge < -0.3 is 10.1 Å². The minimum absolute atomic E-state index is 0.200. The number of aromatic nitrogens is 2. The number of hydrogen-bond acceptors (Lipinski definition) is 4. The lowest BCUT2D eigenvalue weighted by molar-refractivity contribution is -0.133. The average molecular weight is 312 g/mol. The molecule has 1 aromatic carbocycles. The van der Waals surface area contributed by atoms with Gasteiger partial charge in [-0.15, -0.1) is 0 Å². The summed E-state index contributed by atoms with van der Waals surface area (Å²) >= 11 is 0. The van der Waals surface area contributed by atoms with E-state index in [4.69, 9.17) is 4.74 Å². The summed E-state index contributed by atoms with van der Waals surface area (Å²) in [5.41, 5.74) is 0.493. The summed E-state index contributed by atoms with van der Waals surface area (Å²) in [5.74, 6) is 0.411. The zero-order valence-electron chi connectivity index (χ0n) is 12.7. The number of hydrogen-bond donors (Lipinski definition) is 1. The minimum Gasteiger partial charge on any atom is -0.493 e. The molecule has 2 aliphatic heterocycles. The molecule has 23 heavy (non-hydrogen) atoms. The van der Waals surface area contributed by atoms with Crippen molar-refractivity contribution in [3.63, 3.8) is 0 Å². The second-order valence-corrected chi connectivity index (χ2v) is 5.77. The molecule has 1 spiro atoms. The Morgan fingerprint density at radius 1 is 1.30 bits per heavy atom. The van der Waals surface area contributed by atoms with Crippen LogP contribution in [0.2, 0.25) is 0 Å². The summed E-state index contributed by atoms with van der Waals surface area (Å²) in [6.07, 6.45) is 2.07. The molecule has 0 radical (unpaired) electrons. The quantitative estimate of drug-likeness (QED) is 0.844. The van der Waals surface area contributed by atoms with Crippen molar-refractivity contribution in [2.24, 2.45) is 7.05 Å². The Balaban J connectivity index is 1.72. The predicted octanol–water partition coefficient (Wildman–Crippen LogP) is 1.15. The number of benzene rings is 1. The van der Waals surface area contributed by atoms with Gasteiger partial charge in [0.2, 0.25) is 0 Å². The highest BCUT2D eigenvalue weighted by Gasteiger charge is 2.54. The number of fused-ring (bicyclic) bond motifs is 2. The van der Waals surface area contributed by atoms with Crippen molar-refractivity contribution in [2.75, 3.05) is 6.61 Å². The van der Waals surface area contributed by atoms with E-state index < -0.39 is 5.54 Å². The van der Waals surface area contributed by atoms with Crippen LogP contribution in [0, 0.1) is 0 Å². The first-order chi connectivity index (χ1) is 11.1. The molecule has 0 aliphatic carbocycles. The molecule has 1 aromatic heterocycles. The number of imide groups is 1. The molecule has 1 atom stereocenters. The molecule has 2 aliphatic rings. The zero-order valence-corrected chi connectivity index (χ0v) is 12.7. The molecule has 3 amide bonds. The molecule has 7 nitrogen and oxygen atoms in total. The van der Waals surface area contributed by atoms with E-state index in [1.54, 1.807) is 24.0 Å². The van der Waals surface area contributed by atoms with Crippen LogP contribution in [0.15, 0.2) is 36.5 Å². The van der Waals surface area contributed by atoms with Crippen molar-refractivity contribution in [3.8, 4) is 5.75 Å². The summed E-state index contributed by atoms with van der Waals surface area (Å²) < 4.78 is 7.27. The van der Waals surface area contributed by atoms with Crippen molar-refractivity contribution in [2.45, 2.75) is 18.5 Å². The van der Waals surface area contributed by atoms with Crippen molar-refractivity contribution in [1.82, 2.24) is 20.0 Å². The van der Waals surface area contributed by atoms with Crippen LogP contribution in [0.4, 0.5) is 4.79 Å². The van der Waals surface area contributed by atoms with E-state index in [1.807, 2.05) is 24.3 Å². The molecule has 118 valence electrons. The van der Waals surface area contributed by atoms with Crippen LogP contribution in [-0.4, -0.2) is 33.2 Å². The third-order valence-electron chi connectivity index (χ3n) is 4.50. The number of aryl methyl sites for hydroxylation is 1. The van der Waals surface area contributed by atoms with E-state index in [2.05, 4.69) is 10.4 Å². The lowest BCUT2D eigenvalue weighted by Gasteiger charge is -2.33. The summed E-state index contributed by atoms with van der Waals surface area (Å²) in [5, 5.41) is 6.96. The predicted molar refractivity (Wildman–Crippen MR) is 80.5 cm³/mol. The van der Waals surface area contributed by atoms with E-state index in [9.17, 15) is 9.59 Å². The second-order valence-electron chi connectivity index (χ2n) is 5.77. The fourth-order valence-electron chi connectivity index (χ4n) is 3.23. The third-order valence-corrected chi connectivity index (χ3v) is 4.50. The largest absolute Gasteiger partial charge is 0.493 e. The molecule has 1 unspecified atom stereocenters. The lowest BCUT2D eigenvalue weighted by Crippen LogP contribution is -2.47. The molecule has 4 rings (SSSR count). The first kappa shape index (κ1) is 13.8. The second kappa shape index (κ2) is 4.84. The highest BCUT2D eigenvalue weighted by Crippen LogP contribution is 2.41. The molecule has 3 heterocycles. The van der Waals surface area contributed by atoms with Crippen LogP contribution in [-0.2, 0) is 23.9 Å². The van der Waals surface area contributed by atoms with Crippen LogP contribution in [0.3, 0.4) is 0 Å². The van der Waals surface area contributed by atoms with Crippen LogP contribution < -0.4 is 10.1 Å². The number of ether oxygens (including phenoxy) is 1. The van der Waals surface area contributed by atoms with Gasteiger partial charge >= 0.3 is 6.03 Å². The molecule has 0 bridgehead atoms. The first-order valence-electron chi connectivity index (χ1n) is 7.45. The van der Waals surface area contributed by atoms with E-state index >= 15 is 0 Å². The molecule has 0 saturated carbocycles. The number of para-hydroxylation sites is 1. The molecular formula is C16H16N4O3. The highest BCUT2D eigenvalue weighted by molar-refractivity contribution is 6.07. The Bertz CT molecular complexity index is 800. The lowest BCUT2D eigenvalue weighted by atomic mass is 9.84. The fraction of sp³-hybridized carbons (Fsp3) is 0.312. The van der Waals surface area contributed by atoms with Gasteiger partial charge in [-0.1, -0.05) is 18.2 Å². The van der Waals surface area contributed by atoms with Crippen molar-refractivity contribution in [3.05, 3.63) is 47.8 Å². The number of amides is 3. The smallest absolute Gasteiger partial charge is 0.325 e. The summed E-state index contributed by atoms with van der Waals surface area (Å²) in [6.45, 7) is 0.592. The Labute approximate surface area is 132 Å². The molecule has 1 N–H and O–H groups in total. The Hall–Kier alpha value is -2.83. The maximum Gasteiger partial charge on any atom is 0.325 e. The van der Waals surface area contributed by atoms with E-state index in [-0.39, 0.29) is 18.5 Å². The van der Waals surface area contributed by atoms with Gasteiger partial charge in [0.05, 0.1) is 18.8 Å². The van der Waals surface area contributed by atoms with Gasteiger partial charge in [0.15, 0.2) is 5.54 Å². The molecule has 1 fully saturated rings. The number of urea groups is 1. The summed E-state index contributed by atoms with van der Waals surface area (Å²) in [7, 11) is 1.79. The van der Waals surface area contributed by atoms with Crippen LogP contribution in [0.25, 0.3) is 0 Å². The van der Waals surface area contributed by atoms with E-state index in [0.717, 1.165) is 11.3 Å². The van der Waals surface area contributed by atoms with Gasteiger partial charge in [-0.05, 0) is 12.1 Å². The molecular weight excluding hydrogens is 296 g/mol. The molecule has 1 saturated heterocycles. The zero-order chi connectivity index (χ0) is 16.0. The molecule has 7 heteroatoms. The SMILES string of the molecule is Cn1nccc1CN1C(=O)NC2(CCOc3ccccc32)C1=O. The standard InChI is InChI=1S/C16H16N4O3/c1-19-11(6-8-17-19)10-20-14(21)16(18-15(20)22)7-9-23-13-5-3-2-4-12(13)16/h2-6,8H,7,9-10H2,1H3,(H,18,22). The first-order valence-corrected chi connectivity index (χ1v) is 7.45. The summed E-state index contributed by atoms with van der Waals surface area (Å²) in [6, 6.07) is 8.77. The highest BCUT2D eigenvalue weighted by atomic mass is 16.5. The normalized spacial score (nSPS) is 22.9. The number of nitrogens with one attached hydrogen (secondary N) is 1. The Kier molecular flexibility index (Phi) is 2.90. The van der Waals surface area contributed by atoms with E-state index in [0.29, 0.717) is 18.8 Å². The van der Waals surface area contributed by atoms with Crippen LogP contribution in [0.5, 0.6) is 5.75 Å². The van der Waals surface area contributed by atoms with Crippen molar-refractivity contribution >= 4 is 11.9 Å². The topological polar surface area (TPSA) is 76.5 Å². The monoisotopic (exact) mass is 312 g/mol. The Morgan fingerprint density at radius 2 is 2.13 bits per heavy atom. The maximum atomic E-state index is 13.1. The van der Waals surface area contributed by atoms with Crippen LogP contribution in [0.1, 0.15) is 17.7 Å². The van der Waals surface area contributed by atoms with E-state index in [1.165, 1.54) is 4.90 Å². The minimum atomic E-state index is -1.02. The number of carbonyl (C=O) groups is 2. The average Bonchev–Trinajstić information content (AvgIpc) is 3.06. The fourth-order valence-corrected chi connectivity index (χ4v) is 3.23. The summed E-state index contributed by atoms with van der Waals surface area (Å²) in [4.78, 5) is 26.7. The number of carbonyl (C=O) groups excluding carboxylic acids is 2. The maximum absolute atomic E-state index is 13.1. The van der Waals surface area contributed by atoms with Gasteiger partial charge in [0.25, 0.3) is 5.91 Å².